The lowest BCUT2D eigenvalue weighted by atomic mass is 9.86. The molecule has 6 nitrogen and oxygen atoms in total. The normalized spacial score (nSPS) is 16.3. The highest BCUT2D eigenvalue weighted by molar-refractivity contribution is 5.82. The summed E-state index contributed by atoms with van der Waals surface area (Å²) in [7, 11) is 1.77. The molecule has 1 aliphatic rings. The van der Waals surface area contributed by atoms with Crippen molar-refractivity contribution in [2.75, 3.05) is 7.05 Å². The summed E-state index contributed by atoms with van der Waals surface area (Å²) in [5.41, 5.74) is 5.76. The van der Waals surface area contributed by atoms with Crippen LogP contribution in [0.15, 0.2) is 0 Å². The minimum absolute atomic E-state index is 0.0529. The first-order valence-corrected chi connectivity index (χ1v) is 6.72. The lowest BCUT2D eigenvalue weighted by Crippen LogP contribution is -2.49. The van der Waals surface area contributed by atoms with Gasteiger partial charge in [-0.05, 0) is 11.8 Å². The van der Waals surface area contributed by atoms with Gasteiger partial charge in [0.25, 0.3) is 0 Å². The topological polar surface area (TPSA) is 77.0 Å². The van der Waals surface area contributed by atoms with Gasteiger partial charge in [0.15, 0.2) is 5.82 Å². The number of nitrogens with zero attached hydrogens (tertiary/aromatic N) is 4. The van der Waals surface area contributed by atoms with E-state index < -0.39 is 6.04 Å². The number of carbonyl (C=O) groups excluding carboxylic acids is 1. The van der Waals surface area contributed by atoms with Crippen molar-refractivity contribution in [3.8, 4) is 0 Å². The Kier molecular flexibility index (Phi) is 3.62. The van der Waals surface area contributed by atoms with Gasteiger partial charge in [-0.25, -0.2) is 0 Å². The molecule has 0 aromatic carbocycles. The van der Waals surface area contributed by atoms with Crippen LogP contribution in [0.3, 0.4) is 0 Å². The SMILES string of the molecule is CN(Cc1nnc2n1CCC2)C(=O)[C@H](N)C(C)(C)C. The third-order valence-corrected chi connectivity index (χ3v) is 3.64. The number of carbonyl (C=O) groups is 1. The van der Waals surface area contributed by atoms with Crippen LogP contribution in [0, 0.1) is 5.41 Å². The summed E-state index contributed by atoms with van der Waals surface area (Å²) in [5.74, 6) is 1.82. The van der Waals surface area contributed by atoms with E-state index in [4.69, 9.17) is 5.73 Å². The smallest absolute Gasteiger partial charge is 0.240 e. The molecule has 0 fully saturated rings. The maximum Gasteiger partial charge on any atom is 0.240 e. The van der Waals surface area contributed by atoms with Gasteiger partial charge >= 0.3 is 0 Å². The largest absolute Gasteiger partial charge is 0.337 e. The summed E-state index contributed by atoms with van der Waals surface area (Å²) in [6.45, 7) is 7.33. The van der Waals surface area contributed by atoms with E-state index in [9.17, 15) is 4.79 Å². The molecular weight excluding hydrogens is 242 g/mol. The van der Waals surface area contributed by atoms with Crippen LogP contribution >= 0.6 is 0 Å². The molecule has 2 heterocycles. The van der Waals surface area contributed by atoms with Crippen LogP contribution in [0.1, 0.15) is 38.8 Å². The van der Waals surface area contributed by atoms with Crippen LogP contribution in [-0.2, 0) is 24.3 Å². The van der Waals surface area contributed by atoms with Crippen molar-refractivity contribution in [1.29, 1.82) is 0 Å². The summed E-state index contributed by atoms with van der Waals surface area (Å²) in [6, 6.07) is -0.501. The number of amides is 1. The summed E-state index contributed by atoms with van der Waals surface area (Å²) in [4.78, 5) is 13.9. The molecule has 6 heteroatoms. The molecule has 1 aliphatic heterocycles. The monoisotopic (exact) mass is 265 g/mol. The molecule has 19 heavy (non-hydrogen) atoms. The maximum absolute atomic E-state index is 12.3. The van der Waals surface area contributed by atoms with E-state index in [1.807, 2.05) is 20.8 Å². The lowest BCUT2D eigenvalue weighted by Gasteiger charge is -2.29. The fourth-order valence-electron chi connectivity index (χ4n) is 2.23. The number of aromatic nitrogens is 3. The van der Waals surface area contributed by atoms with Gasteiger partial charge in [-0.15, -0.1) is 10.2 Å². The number of aryl methyl sites for hydroxylation is 1. The zero-order chi connectivity index (χ0) is 14.2. The van der Waals surface area contributed by atoms with Crippen molar-refractivity contribution in [2.24, 2.45) is 11.1 Å². The Balaban J connectivity index is 2.05. The number of likely N-dealkylation sites (N-methyl/N-ethyl adjacent to an activating group) is 1. The van der Waals surface area contributed by atoms with Crippen LogP contribution in [0.4, 0.5) is 0 Å². The van der Waals surface area contributed by atoms with Gasteiger partial charge in [-0.3, -0.25) is 4.79 Å². The zero-order valence-electron chi connectivity index (χ0n) is 12.2. The highest BCUT2D eigenvalue weighted by Crippen LogP contribution is 2.20. The Bertz CT molecular complexity index is 474. The first-order valence-electron chi connectivity index (χ1n) is 6.72. The predicted molar refractivity (Wildman–Crippen MR) is 72.2 cm³/mol. The molecule has 0 saturated carbocycles. The average Bonchev–Trinajstić information content (AvgIpc) is 2.90. The van der Waals surface area contributed by atoms with Crippen LogP contribution in [0.5, 0.6) is 0 Å². The molecule has 0 spiro atoms. The van der Waals surface area contributed by atoms with E-state index in [-0.39, 0.29) is 11.3 Å². The van der Waals surface area contributed by atoms with Crippen LogP contribution in [0.25, 0.3) is 0 Å². The van der Waals surface area contributed by atoms with E-state index in [1.165, 1.54) is 0 Å². The quantitative estimate of drug-likeness (QED) is 0.866. The highest BCUT2D eigenvalue weighted by atomic mass is 16.2. The molecule has 0 radical (unpaired) electrons. The average molecular weight is 265 g/mol. The second-order valence-corrected chi connectivity index (χ2v) is 6.33. The summed E-state index contributed by atoms with van der Waals surface area (Å²) in [5, 5.41) is 8.31. The van der Waals surface area contributed by atoms with Crippen molar-refractivity contribution in [1.82, 2.24) is 19.7 Å². The second-order valence-electron chi connectivity index (χ2n) is 6.33. The van der Waals surface area contributed by atoms with Gasteiger partial charge in [-0.2, -0.15) is 0 Å². The number of hydrogen-bond donors (Lipinski definition) is 1. The highest BCUT2D eigenvalue weighted by Gasteiger charge is 2.30. The van der Waals surface area contributed by atoms with Crippen LogP contribution in [-0.4, -0.2) is 38.7 Å². The Labute approximate surface area is 114 Å². The first-order chi connectivity index (χ1) is 8.80. The molecule has 0 unspecified atom stereocenters. The maximum atomic E-state index is 12.3. The molecule has 2 rings (SSSR count). The van der Waals surface area contributed by atoms with Gasteiger partial charge < -0.3 is 15.2 Å². The summed E-state index contributed by atoms with van der Waals surface area (Å²) >= 11 is 0. The van der Waals surface area contributed by atoms with Gasteiger partial charge in [0.05, 0.1) is 12.6 Å². The number of rotatable bonds is 3. The van der Waals surface area contributed by atoms with E-state index in [2.05, 4.69) is 14.8 Å². The number of fused-ring (bicyclic) bond motifs is 1. The minimum Gasteiger partial charge on any atom is -0.337 e. The molecule has 1 aromatic heterocycles. The van der Waals surface area contributed by atoms with Crippen molar-refractivity contribution in [3.63, 3.8) is 0 Å². The van der Waals surface area contributed by atoms with E-state index >= 15 is 0 Å². The molecule has 0 saturated heterocycles. The number of nitrogens with two attached hydrogens (primary N) is 1. The molecule has 1 amide bonds. The Morgan fingerprint density at radius 1 is 1.47 bits per heavy atom. The molecule has 0 aliphatic carbocycles. The Morgan fingerprint density at radius 2 is 2.16 bits per heavy atom. The molecular formula is C13H23N5O. The predicted octanol–water partition coefficient (Wildman–Crippen LogP) is 0.556. The van der Waals surface area contributed by atoms with Crippen molar-refractivity contribution < 1.29 is 4.79 Å². The fourth-order valence-corrected chi connectivity index (χ4v) is 2.23. The lowest BCUT2D eigenvalue weighted by molar-refractivity contribution is -0.134. The van der Waals surface area contributed by atoms with Gasteiger partial charge in [0.2, 0.25) is 5.91 Å². The van der Waals surface area contributed by atoms with Crippen molar-refractivity contribution in [2.45, 2.75) is 52.7 Å². The Morgan fingerprint density at radius 3 is 2.79 bits per heavy atom. The Hall–Kier alpha value is -1.43. The fraction of sp³-hybridized carbons (Fsp3) is 0.769. The van der Waals surface area contributed by atoms with E-state index in [0.29, 0.717) is 6.54 Å². The van der Waals surface area contributed by atoms with Crippen molar-refractivity contribution in [3.05, 3.63) is 11.6 Å². The molecule has 106 valence electrons. The zero-order valence-corrected chi connectivity index (χ0v) is 12.2. The molecule has 1 aromatic rings. The standard InChI is InChI=1S/C13H23N5O/c1-13(2,3)11(14)12(19)17(4)8-10-16-15-9-6-5-7-18(9)10/h11H,5-8,14H2,1-4H3/t11-/m0/s1. The molecule has 0 bridgehead atoms. The van der Waals surface area contributed by atoms with Crippen LogP contribution < -0.4 is 5.73 Å². The molecule has 1 atom stereocenters. The number of hydrogen-bond acceptors (Lipinski definition) is 4. The summed E-state index contributed by atoms with van der Waals surface area (Å²) in [6.07, 6.45) is 2.09. The third-order valence-electron chi connectivity index (χ3n) is 3.64. The third kappa shape index (κ3) is 2.78. The van der Waals surface area contributed by atoms with E-state index in [0.717, 1.165) is 31.0 Å². The van der Waals surface area contributed by atoms with E-state index in [1.54, 1.807) is 11.9 Å². The minimum atomic E-state index is -0.501. The molecule has 2 N–H and O–H groups in total. The second kappa shape index (κ2) is 4.92. The van der Waals surface area contributed by atoms with Gasteiger partial charge in [0.1, 0.15) is 5.82 Å². The van der Waals surface area contributed by atoms with Crippen molar-refractivity contribution >= 4 is 5.91 Å². The first kappa shape index (κ1) is 14.0. The van der Waals surface area contributed by atoms with Gasteiger partial charge in [0, 0.05) is 20.0 Å². The summed E-state index contributed by atoms with van der Waals surface area (Å²) < 4.78 is 2.10. The van der Waals surface area contributed by atoms with Gasteiger partial charge in [-0.1, -0.05) is 20.8 Å². The van der Waals surface area contributed by atoms with Crippen LogP contribution in [0.2, 0.25) is 0 Å².